The third-order valence-corrected chi connectivity index (χ3v) is 5.81. The van der Waals surface area contributed by atoms with Gasteiger partial charge in [-0.15, -0.1) is 0 Å². The van der Waals surface area contributed by atoms with Crippen LogP contribution in [0.2, 0.25) is 0 Å². The van der Waals surface area contributed by atoms with Crippen LogP contribution in [-0.2, 0) is 0 Å². The largest absolute Gasteiger partial charge is 0.465 e. The van der Waals surface area contributed by atoms with Gasteiger partial charge in [0, 0.05) is 24.1 Å². The molecule has 0 spiro atoms. The van der Waals surface area contributed by atoms with E-state index in [4.69, 9.17) is 9.63 Å². The summed E-state index contributed by atoms with van der Waals surface area (Å²) < 4.78 is 5.26. The fourth-order valence-corrected chi connectivity index (χ4v) is 4.35. The average Bonchev–Trinajstić information content (AvgIpc) is 3.29. The summed E-state index contributed by atoms with van der Waals surface area (Å²) in [5, 5.41) is 18.6. The number of hydrogen-bond acceptors (Lipinski definition) is 4. The molecular formula is C17H23N3O4. The van der Waals surface area contributed by atoms with Crippen molar-refractivity contribution in [3.05, 3.63) is 17.5 Å². The molecule has 4 unspecified atom stereocenters. The molecule has 130 valence electrons. The number of aromatic nitrogens is 1. The first-order chi connectivity index (χ1) is 11.6. The van der Waals surface area contributed by atoms with Crippen molar-refractivity contribution in [2.24, 2.45) is 11.8 Å². The molecule has 1 aromatic heterocycles. The fourth-order valence-electron chi connectivity index (χ4n) is 4.35. The molecule has 3 aliphatic rings. The molecule has 0 aromatic carbocycles. The summed E-state index contributed by atoms with van der Waals surface area (Å²) in [6, 6.07) is 1.99. The van der Waals surface area contributed by atoms with Crippen LogP contribution >= 0.6 is 0 Å². The predicted octanol–water partition coefficient (Wildman–Crippen LogP) is 2.50. The minimum Gasteiger partial charge on any atom is -0.465 e. The van der Waals surface area contributed by atoms with Crippen molar-refractivity contribution in [3.8, 4) is 0 Å². The molecule has 7 nitrogen and oxygen atoms in total. The maximum Gasteiger partial charge on any atom is 0.404 e. The monoisotopic (exact) mass is 333 g/mol. The van der Waals surface area contributed by atoms with Crippen LogP contribution in [0.15, 0.2) is 10.6 Å². The van der Waals surface area contributed by atoms with E-state index < -0.39 is 6.09 Å². The minimum atomic E-state index is -0.939. The zero-order valence-electron chi connectivity index (χ0n) is 13.5. The molecular weight excluding hydrogens is 310 g/mol. The van der Waals surface area contributed by atoms with Crippen molar-refractivity contribution >= 4 is 12.0 Å². The van der Waals surface area contributed by atoms with Gasteiger partial charge in [-0.1, -0.05) is 5.16 Å². The maximum atomic E-state index is 12.4. The summed E-state index contributed by atoms with van der Waals surface area (Å²) in [4.78, 5) is 23.3. The SMILES string of the molecule is O=C(O)NC1CCC2CC1CCC2NC(=O)c1cc(C2CC2)on1. The molecule has 3 fully saturated rings. The zero-order valence-corrected chi connectivity index (χ0v) is 13.5. The second kappa shape index (κ2) is 6.11. The number of nitrogens with zero attached hydrogens (tertiary/aromatic N) is 1. The fraction of sp³-hybridized carbons (Fsp3) is 0.706. The van der Waals surface area contributed by atoms with Gasteiger partial charge in [0.05, 0.1) is 0 Å². The zero-order chi connectivity index (χ0) is 16.7. The van der Waals surface area contributed by atoms with E-state index >= 15 is 0 Å². The molecule has 3 saturated carbocycles. The maximum absolute atomic E-state index is 12.4. The summed E-state index contributed by atoms with van der Waals surface area (Å²) in [6.45, 7) is 0. The van der Waals surface area contributed by atoms with Gasteiger partial charge in [0.15, 0.2) is 5.69 Å². The average molecular weight is 333 g/mol. The van der Waals surface area contributed by atoms with Gasteiger partial charge in [0.1, 0.15) is 5.76 Å². The lowest BCUT2D eigenvalue weighted by Gasteiger charge is -2.44. The number of carbonyl (C=O) groups is 2. The number of carboxylic acid groups (broad SMARTS) is 1. The number of rotatable bonds is 4. The normalized spacial score (nSPS) is 32.2. The number of amides is 2. The Balaban J connectivity index is 1.34. The van der Waals surface area contributed by atoms with Gasteiger partial charge in [-0.3, -0.25) is 4.79 Å². The lowest BCUT2D eigenvalue weighted by atomic mass is 9.67. The molecule has 0 radical (unpaired) electrons. The van der Waals surface area contributed by atoms with Crippen LogP contribution in [0.25, 0.3) is 0 Å². The van der Waals surface area contributed by atoms with Crippen molar-refractivity contribution in [1.29, 1.82) is 0 Å². The third kappa shape index (κ3) is 3.12. The van der Waals surface area contributed by atoms with E-state index in [9.17, 15) is 9.59 Å². The van der Waals surface area contributed by atoms with E-state index in [2.05, 4.69) is 15.8 Å². The molecule has 1 aromatic rings. The molecule has 0 aliphatic heterocycles. The number of fused-ring (bicyclic) bond motifs is 2. The minimum absolute atomic E-state index is 0.0621. The summed E-state index contributed by atoms with van der Waals surface area (Å²) >= 11 is 0. The summed E-state index contributed by atoms with van der Waals surface area (Å²) in [5.74, 6) is 1.94. The van der Waals surface area contributed by atoms with Crippen LogP contribution in [-0.4, -0.2) is 34.3 Å². The predicted molar refractivity (Wildman–Crippen MR) is 84.7 cm³/mol. The van der Waals surface area contributed by atoms with Crippen molar-refractivity contribution in [3.63, 3.8) is 0 Å². The highest BCUT2D eigenvalue weighted by Gasteiger charge is 2.40. The Morgan fingerprint density at radius 2 is 1.71 bits per heavy atom. The van der Waals surface area contributed by atoms with Gasteiger partial charge in [0.25, 0.3) is 5.91 Å². The second-order valence-corrected chi connectivity index (χ2v) is 7.44. The van der Waals surface area contributed by atoms with Crippen LogP contribution in [0, 0.1) is 11.8 Å². The van der Waals surface area contributed by atoms with E-state index in [1.165, 1.54) is 0 Å². The van der Waals surface area contributed by atoms with Crippen LogP contribution in [0.4, 0.5) is 4.79 Å². The smallest absolute Gasteiger partial charge is 0.404 e. The third-order valence-electron chi connectivity index (χ3n) is 5.81. The van der Waals surface area contributed by atoms with E-state index in [1.807, 2.05) is 0 Å². The van der Waals surface area contributed by atoms with E-state index in [0.29, 0.717) is 23.4 Å². The van der Waals surface area contributed by atoms with Crippen molar-refractivity contribution in [2.75, 3.05) is 0 Å². The first kappa shape index (κ1) is 15.5. The highest BCUT2D eigenvalue weighted by molar-refractivity contribution is 5.92. The quantitative estimate of drug-likeness (QED) is 0.785. The number of nitrogens with one attached hydrogen (secondary N) is 2. The molecule has 1 heterocycles. The van der Waals surface area contributed by atoms with Crippen LogP contribution < -0.4 is 10.6 Å². The molecule has 24 heavy (non-hydrogen) atoms. The van der Waals surface area contributed by atoms with E-state index in [-0.39, 0.29) is 18.0 Å². The topological polar surface area (TPSA) is 104 Å². The highest BCUT2D eigenvalue weighted by Crippen LogP contribution is 2.41. The molecule has 2 amide bonds. The van der Waals surface area contributed by atoms with Crippen molar-refractivity contribution in [1.82, 2.24) is 15.8 Å². The lowest BCUT2D eigenvalue weighted by molar-refractivity contribution is 0.0788. The molecule has 0 saturated heterocycles. The molecule has 7 heteroatoms. The van der Waals surface area contributed by atoms with Crippen molar-refractivity contribution in [2.45, 2.75) is 62.9 Å². The molecule has 2 bridgehead atoms. The van der Waals surface area contributed by atoms with E-state index in [1.54, 1.807) is 6.07 Å². The molecule has 3 aliphatic carbocycles. The van der Waals surface area contributed by atoms with Gasteiger partial charge in [-0.25, -0.2) is 4.79 Å². The van der Waals surface area contributed by atoms with Gasteiger partial charge < -0.3 is 20.3 Å². The van der Waals surface area contributed by atoms with E-state index in [0.717, 1.165) is 50.7 Å². The Morgan fingerprint density at radius 1 is 1.04 bits per heavy atom. The Labute approximate surface area is 140 Å². The Morgan fingerprint density at radius 3 is 2.33 bits per heavy atom. The first-order valence-electron chi connectivity index (χ1n) is 8.87. The second-order valence-electron chi connectivity index (χ2n) is 7.44. The molecule has 4 rings (SSSR count). The molecule has 3 N–H and O–H groups in total. The van der Waals surface area contributed by atoms with Gasteiger partial charge in [-0.05, 0) is 56.8 Å². The van der Waals surface area contributed by atoms with Crippen LogP contribution in [0.1, 0.15) is 67.1 Å². The Hall–Kier alpha value is -2.05. The van der Waals surface area contributed by atoms with Crippen LogP contribution in [0.5, 0.6) is 0 Å². The number of carbonyl (C=O) groups excluding carboxylic acids is 1. The number of hydrogen-bond donors (Lipinski definition) is 3. The first-order valence-corrected chi connectivity index (χ1v) is 8.87. The van der Waals surface area contributed by atoms with Gasteiger partial charge in [0.2, 0.25) is 0 Å². The highest BCUT2D eigenvalue weighted by atomic mass is 16.5. The summed E-state index contributed by atoms with van der Waals surface area (Å²) in [6.07, 6.45) is 5.91. The van der Waals surface area contributed by atoms with Gasteiger partial charge >= 0.3 is 6.09 Å². The Bertz CT molecular complexity index is 640. The Kier molecular flexibility index (Phi) is 3.94. The lowest BCUT2D eigenvalue weighted by Crippen LogP contribution is -2.51. The van der Waals surface area contributed by atoms with Crippen LogP contribution in [0.3, 0.4) is 0 Å². The summed E-state index contributed by atoms with van der Waals surface area (Å²) in [7, 11) is 0. The summed E-state index contributed by atoms with van der Waals surface area (Å²) in [5.41, 5.74) is 0.375. The van der Waals surface area contributed by atoms with Gasteiger partial charge in [-0.2, -0.15) is 0 Å². The standard InChI is InChI=1S/C17H23N3O4/c21-16(14-8-15(24-20-14)9-1-2-9)18-12-5-3-11-7-10(12)4-6-13(11)19-17(22)23/h8-13,19H,1-7H2,(H,18,21)(H,22,23). The van der Waals surface area contributed by atoms with Crippen molar-refractivity contribution < 1.29 is 19.2 Å². The molecule has 4 atom stereocenters.